The summed E-state index contributed by atoms with van der Waals surface area (Å²) in [6.07, 6.45) is 1.55. The maximum absolute atomic E-state index is 11.5. The van der Waals surface area contributed by atoms with Gasteiger partial charge in [0.2, 0.25) is 10.0 Å². The van der Waals surface area contributed by atoms with Gasteiger partial charge in [0.25, 0.3) is 0 Å². The van der Waals surface area contributed by atoms with E-state index in [0.29, 0.717) is 24.7 Å². The highest BCUT2D eigenvalue weighted by Gasteiger charge is 2.15. The van der Waals surface area contributed by atoms with Gasteiger partial charge in [-0.05, 0) is 43.5 Å². The Hall–Kier alpha value is -1.58. The van der Waals surface area contributed by atoms with Crippen LogP contribution in [0.3, 0.4) is 0 Å². The maximum atomic E-state index is 11.5. The first-order valence-electron chi connectivity index (χ1n) is 9.52. The Balaban J connectivity index is 1.99. The molecule has 0 unspecified atom stereocenters. The third-order valence-corrected chi connectivity index (χ3v) is 6.64. The second-order valence-electron chi connectivity index (χ2n) is 6.91. The molecular formula is C19H30N4O3S2. The Morgan fingerprint density at radius 3 is 2.54 bits per heavy atom. The lowest BCUT2D eigenvalue weighted by Crippen LogP contribution is -2.22. The molecular weight excluding hydrogens is 396 g/mol. The van der Waals surface area contributed by atoms with E-state index in [4.69, 9.17) is 4.74 Å². The molecule has 0 aliphatic heterocycles. The lowest BCUT2D eigenvalue weighted by atomic mass is 10.2. The van der Waals surface area contributed by atoms with Crippen LogP contribution in [0.1, 0.15) is 38.6 Å². The molecule has 7 nitrogen and oxygen atoms in total. The molecule has 0 bridgehead atoms. The predicted molar refractivity (Wildman–Crippen MR) is 113 cm³/mol. The molecule has 2 rings (SSSR count). The van der Waals surface area contributed by atoms with Crippen LogP contribution in [0.2, 0.25) is 0 Å². The molecule has 0 saturated carbocycles. The quantitative estimate of drug-likeness (QED) is 0.415. The molecule has 0 spiro atoms. The second-order valence-corrected chi connectivity index (χ2v) is 10.0. The van der Waals surface area contributed by atoms with Gasteiger partial charge in [0.15, 0.2) is 11.0 Å². The molecule has 156 valence electrons. The van der Waals surface area contributed by atoms with Gasteiger partial charge < -0.3 is 9.30 Å². The second kappa shape index (κ2) is 10.8. The lowest BCUT2D eigenvalue weighted by Gasteiger charge is -2.13. The predicted octanol–water partition coefficient (Wildman–Crippen LogP) is 3.11. The van der Waals surface area contributed by atoms with Crippen LogP contribution in [0.4, 0.5) is 0 Å². The smallest absolute Gasteiger partial charge is 0.211 e. The summed E-state index contributed by atoms with van der Waals surface area (Å²) >= 11 is 1.53. The summed E-state index contributed by atoms with van der Waals surface area (Å²) < 4.78 is 33.3. The molecule has 2 aromatic rings. The molecule has 0 atom stereocenters. The molecule has 1 heterocycles. The Morgan fingerprint density at radius 2 is 1.93 bits per heavy atom. The molecule has 9 heteroatoms. The number of hydrogen-bond acceptors (Lipinski definition) is 6. The van der Waals surface area contributed by atoms with Gasteiger partial charge in [-0.15, -0.1) is 10.2 Å². The van der Waals surface area contributed by atoms with Crippen molar-refractivity contribution < 1.29 is 13.2 Å². The van der Waals surface area contributed by atoms with Gasteiger partial charge in [-0.25, -0.2) is 13.1 Å². The van der Waals surface area contributed by atoms with Crippen molar-refractivity contribution in [3.63, 3.8) is 0 Å². The third-order valence-electron chi connectivity index (χ3n) is 4.14. The van der Waals surface area contributed by atoms with Crippen molar-refractivity contribution in [2.45, 2.75) is 51.9 Å². The Kier molecular flexibility index (Phi) is 8.78. The van der Waals surface area contributed by atoms with E-state index in [1.807, 2.05) is 12.1 Å². The first-order valence-corrected chi connectivity index (χ1v) is 12.2. The molecule has 1 aromatic carbocycles. The number of hydrogen-bond donors (Lipinski definition) is 1. The van der Waals surface area contributed by atoms with Crippen molar-refractivity contribution in [2.24, 2.45) is 5.92 Å². The molecule has 0 fully saturated rings. The molecule has 0 radical (unpaired) electrons. The van der Waals surface area contributed by atoms with E-state index < -0.39 is 10.0 Å². The zero-order valence-corrected chi connectivity index (χ0v) is 18.6. The van der Waals surface area contributed by atoms with Gasteiger partial charge in [-0.2, -0.15) is 0 Å². The van der Waals surface area contributed by atoms with Crippen molar-refractivity contribution in [1.29, 1.82) is 0 Å². The summed E-state index contributed by atoms with van der Waals surface area (Å²) in [6, 6.07) is 8.07. The van der Waals surface area contributed by atoms with Gasteiger partial charge in [0.1, 0.15) is 12.4 Å². The van der Waals surface area contributed by atoms with E-state index in [1.54, 1.807) is 0 Å². The zero-order chi connectivity index (χ0) is 20.6. The first-order chi connectivity index (χ1) is 13.3. The highest BCUT2D eigenvalue weighted by Crippen LogP contribution is 2.21. The molecule has 1 aromatic heterocycles. The van der Waals surface area contributed by atoms with Crippen LogP contribution >= 0.6 is 11.8 Å². The highest BCUT2D eigenvalue weighted by atomic mass is 32.2. The van der Waals surface area contributed by atoms with Crippen LogP contribution in [0.5, 0.6) is 5.75 Å². The molecule has 0 amide bonds. The largest absolute Gasteiger partial charge is 0.486 e. The van der Waals surface area contributed by atoms with E-state index >= 15 is 0 Å². The van der Waals surface area contributed by atoms with E-state index in [9.17, 15) is 8.42 Å². The van der Waals surface area contributed by atoms with E-state index in [1.165, 1.54) is 24.4 Å². The van der Waals surface area contributed by atoms with Crippen LogP contribution in [0.15, 0.2) is 29.4 Å². The van der Waals surface area contributed by atoms with Crippen LogP contribution in [0, 0.1) is 5.92 Å². The third kappa shape index (κ3) is 7.10. The average Bonchev–Trinajstić information content (AvgIpc) is 3.05. The summed E-state index contributed by atoms with van der Waals surface area (Å²) in [5, 5.41) is 9.39. The van der Waals surface area contributed by atoms with Crippen LogP contribution in [-0.2, 0) is 29.6 Å². The molecule has 0 aliphatic carbocycles. The SMILES string of the molecule is CCc1ccc(OCc2nnc(SCCCS(=O)(=O)NC)n2CC(C)C)cc1. The summed E-state index contributed by atoms with van der Waals surface area (Å²) in [4.78, 5) is 0. The number of benzene rings is 1. The average molecular weight is 427 g/mol. The molecule has 1 N–H and O–H groups in total. The number of rotatable bonds is 12. The molecule has 28 heavy (non-hydrogen) atoms. The zero-order valence-electron chi connectivity index (χ0n) is 17.0. The number of nitrogens with one attached hydrogen (secondary N) is 1. The minimum atomic E-state index is -3.17. The number of aryl methyl sites for hydroxylation is 1. The van der Waals surface area contributed by atoms with E-state index in [-0.39, 0.29) is 5.75 Å². The fraction of sp³-hybridized carbons (Fsp3) is 0.579. The fourth-order valence-corrected chi connectivity index (χ4v) is 4.38. The fourth-order valence-electron chi connectivity index (χ4n) is 2.56. The lowest BCUT2D eigenvalue weighted by molar-refractivity contribution is 0.284. The van der Waals surface area contributed by atoms with Crippen molar-refractivity contribution in [2.75, 3.05) is 18.6 Å². The van der Waals surface area contributed by atoms with Crippen molar-refractivity contribution in [3.05, 3.63) is 35.7 Å². The van der Waals surface area contributed by atoms with Crippen LogP contribution in [0.25, 0.3) is 0 Å². The Morgan fingerprint density at radius 1 is 1.21 bits per heavy atom. The number of thioether (sulfide) groups is 1. The van der Waals surface area contributed by atoms with Gasteiger partial charge in [-0.3, -0.25) is 0 Å². The Bertz CT molecular complexity index is 833. The van der Waals surface area contributed by atoms with E-state index in [2.05, 4.69) is 52.4 Å². The minimum Gasteiger partial charge on any atom is -0.486 e. The van der Waals surface area contributed by atoms with Gasteiger partial charge in [0.05, 0.1) is 5.75 Å². The summed E-state index contributed by atoms with van der Waals surface area (Å²) in [5.74, 6) is 2.79. The topological polar surface area (TPSA) is 86.1 Å². The number of ether oxygens (including phenoxy) is 1. The highest BCUT2D eigenvalue weighted by molar-refractivity contribution is 7.99. The normalized spacial score (nSPS) is 11.9. The number of sulfonamides is 1. The molecule has 0 aliphatic rings. The summed E-state index contributed by atoms with van der Waals surface area (Å²) in [6.45, 7) is 7.54. The van der Waals surface area contributed by atoms with Crippen LogP contribution in [-0.4, -0.2) is 41.7 Å². The monoisotopic (exact) mass is 426 g/mol. The number of aromatic nitrogens is 3. The minimum absolute atomic E-state index is 0.110. The standard InChI is InChI=1S/C19H30N4O3S2/c1-5-16-7-9-17(10-8-16)26-14-18-21-22-19(23(18)13-15(2)3)27-11-6-12-28(24,25)20-4/h7-10,15,20H,5-6,11-14H2,1-4H3. The van der Waals surface area contributed by atoms with Gasteiger partial charge in [0, 0.05) is 12.3 Å². The van der Waals surface area contributed by atoms with Crippen molar-refractivity contribution >= 4 is 21.8 Å². The summed E-state index contributed by atoms with van der Waals surface area (Å²) in [5.41, 5.74) is 1.27. The van der Waals surface area contributed by atoms with Gasteiger partial charge in [-0.1, -0.05) is 44.7 Å². The molecule has 0 saturated heterocycles. The number of nitrogens with zero attached hydrogens (tertiary/aromatic N) is 3. The summed E-state index contributed by atoms with van der Waals surface area (Å²) in [7, 11) is -1.73. The first kappa shape index (κ1) is 22.7. The maximum Gasteiger partial charge on any atom is 0.211 e. The van der Waals surface area contributed by atoms with Crippen LogP contribution < -0.4 is 9.46 Å². The van der Waals surface area contributed by atoms with Gasteiger partial charge >= 0.3 is 0 Å². The Labute approximate surface area is 172 Å². The van der Waals surface area contributed by atoms with Crippen molar-refractivity contribution in [3.8, 4) is 5.75 Å². The van der Waals surface area contributed by atoms with E-state index in [0.717, 1.165) is 29.7 Å². The van der Waals surface area contributed by atoms with Crippen molar-refractivity contribution in [1.82, 2.24) is 19.5 Å².